The highest BCUT2D eigenvalue weighted by Gasteiger charge is 2.14. The first-order valence-electron chi connectivity index (χ1n) is 4.97. The molecule has 0 spiro atoms. The molecule has 2 unspecified atom stereocenters. The van der Waals surface area contributed by atoms with Crippen LogP contribution in [0, 0.1) is 11.8 Å². The highest BCUT2D eigenvalue weighted by molar-refractivity contribution is 5.49. The van der Waals surface area contributed by atoms with Gasteiger partial charge in [-0.1, -0.05) is 6.92 Å². The summed E-state index contributed by atoms with van der Waals surface area (Å²) in [5.74, 6) is 1.38. The molecule has 1 saturated heterocycles. The number of rotatable bonds is 2. The molecule has 2 heteroatoms. The lowest BCUT2D eigenvalue weighted by Crippen LogP contribution is -2.27. The third-order valence-corrected chi connectivity index (χ3v) is 2.62. The van der Waals surface area contributed by atoms with Gasteiger partial charge >= 0.3 is 0 Å². The molecule has 0 saturated carbocycles. The van der Waals surface area contributed by atoms with Crippen LogP contribution in [0.1, 0.15) is 32.6 Å². The van der Waals surface area contributed by atoms with Gasteiger partial charge in [-0.2, -0.15) is 0 Å². The Morgan fingerprint density at radius 2 is 2.42 bits per heavy atom. The van der Waals surface area contributed by atoms with Crippen molar-refractivity contribution in [3.63, 3.8) is 0 Å². The van der Waals surface area contributed by atoms with Crippen LogP contribution in [0.15, 0.2) is 0 Å². The van der Waals surface area contributed by atoms with Gasteiger partial charge in [0.15, 0.2) is 0 Å². The molecule has 12 heavy (non-hydrogen) atoms. The summed E-state index contributed by atoms with van der Waals surface area (Å²) < 4.78 is 0. The van der Waals surface area contributed by atoms with Crippen LogP contribution in [0.3, 0.4) is 0 Å². The smallest absolute Gasteiger partial charge is 0.120 e. The quantitative estimate of drug-likeness (QED) is 0.636. The second-order valence-electron chi connectivity index (χ2n) is 3.96. The van der Waals surface area contributed by atoms with Gasteiger partial charge in [0.25, 0.3) is 0 Å². The molecule has 0 bridgehead atoms. The lowest BCUT2D eigenvalue weighted by molar-refractivity contribution is -0.108. The maximum absolute atomic E-state index is 10.4. The molecule has 0 aromatic carbocycles. The van der Waals surface area contributed by atoms with Gasteiger partial charge in [0.2, 0.25) is 0 Å². The maximum Gasteiger partial charge on any atom is 0.120 e. The molecule has 0 amide bonds. The van der Waals surface area contributed by atoms with Crippen molar-refractivity contribution in [2.45, 2.75) is 32.6 Å². The molecule has 1 aliphatic heterocycles. The first-order chi connectivity index (χ1) is 5.83. The van der Waals surface area contributed by atoms with E-state index in [1.165, 1.54) is 19.3 Å². The number of aldehydes is 1. The molecular formula is C10H19NO. The van der Waals surface area contributed by atoms with Gasteiger partial charge in [-0.15, -0.1) is 0 Å². The van der Waals surface area contributed by atoms with Crippen LogP contribution in [-0.2, 0) is 4.79 Å². The highest BCUT2D eigenvalue weighted by atomic mass is 16.1. The largest absolute Gasteiger partial charge is 0.316 e. The van der Waals surface area contributed by atoms with Gasteiger partial charge < -0.3 is 10.1 Å². The van der Waals surface area contributed by atoms with E-state index in [1.54, 1.807) is 0 Å². The highest BCUT2D eigenvalue weighted by Crippen LogP contribution is 2.20. The summed E-state index contributed by atoms with van der Waals surface area (Å²) >= 11 is 0. The Morgan fingerprint density at radius 1 is 1.58 bits per heavy atom. The van der Waals surface area contributed by atoms with Crippen LogP contribution >= 0.6 is 0 Å². The average molecular weight is 169 g/mol. The normalized spacial score (nSPS) is 32.1. The number of hydrogen-bond donors (Lipinski definition) is 1. The summed E-state index contributed by atoms with van der Waals surface area (Å²) in [6.45, 7) is 4.51. The topological polar surface area (TPSA) is 29.1 Å². The van der Waals surface area contributed by atoms with Gasteiger partial charge in [-0.05, 0) is 44.2 Å². The van der Waals surface area contributed by atoms with E-state index in [0.717, 1.165) is 31.7 Å². The lowest BCUT2D eigenvalue weighted by atomic mass is 9.88. The Hall–Kier alpha value is -0.370. The number of carbonyl (C=O) groups is 1. The molecular weight excluding hydrogens is 150 g/mol. The molecule has 70 valence electrons. The van der Waals surface area contributed by atoms with Crippen molar-refractivity contribution in [2.24, 2.45) is 11.8 Å². The van der Waals surface area contributed by atoms with Gasteiger partial charge in [0.1, 0.15) is 6.29 Å². The molecule has 0 aliphatic carbocycles. The fourth-order valence-electron chi connectivity index (χ4n) is 1.98. The van der Waals surface area contributed by atoms with Crippen LogP contribution in [0.2, 0.25) is 0 Å². The first-order valence-corrected chi connectivity index (χ1v) is 4.97. The fourth-order valence-corrected chi connectivity index (χ4v) is 1.98. The van der Waals surface area contributed by atoms with E-state index in [1.807, 2.05) is 0 Å². The van der Waals surface area contributed by atoms with Gasteiger partial charge in [0, 0.05) is 6.42 Å². The lowest BCUT2D eigenvalue weighted by Gasteiger charge is -2.22. The number of hydrogen-bond acceptors (Lipinski definition) is 2. The summed E-state index contributed by atoms with van der Waals surface area (Å²) in [6, 6.07) is 0. The molecule has 0 aromatic heterocycles. The third-order valence-electron chi connectivity index (χ3n) is 2.62. The molecule has 2 nitrogen and oxygen atoms in total. The van der Waals surface area contributed by atoms with E-state index < -0.39 is 0 Å². The Bertz CT molecular complexity index is 136. The molecule has 1 heterocycles. The molecule has 0 radical (unpaired) electrons. The van der Waals surface area contributed by atoms with Crippen molar-refractivity contribution >= 4 is 6.29 Å². The van der Waals surface area contributed by atoms with Gasteiger partial charge in [-0.3, -0.25) is 0 Å². The summed E-state index contributed by atoms with van der Waals surface area (Å²) in [5, 5.41) is 3.41. The Morgan fingerprint density at radius 3 is 3.17 bits per heavy atom. The maximum atomic E-state index is 10.4. The van der Waals surface area contributed by atoms with Crippen LogP contribution in [0.5, 0.6) is 0 Å². The van der Waals surface area contributed by atoms with Crippen molar-refractivity contribution in [1.29, 1.82) is 0 Å². The average Bonchev–Trinajstić information content (AvgIpc) is 2.00. The van der Waals surface area contributed by atoms with E-state index >= 15 is 0 Å². The zero-order valence-electron chi connectivity index (χ0n) is 7.88. The van der Waals surface area contributed by atoms with Gasteiger partial charge in [0.05, 0.1) is 0 Å². The minimum Gasteiger partial charge on any atom is -0.316 e. The molecule has 0 aromatic rings. The third kappa shape index (κ3) is 3.35. The van der Waals surface area contributed by atoms with E-state index in [0.29, 0.717) is 5.92 Å². The zero-order chi connectivity index (χ0) is 8.81. The summed E-state index contributed by atoms with van der Waals surface area (Å²) in [6.07, 6.45) is 5.50. The fraction of sp³-hybridized carbons (Fsp3) is 0.900. The van der Waals surface area contributed by atoms with Crippen molar-refractivity contribution in [3.8, 4) is 0 Å². The van der Waals surface area contributed by atoms with E-state index in [2.05, 4.69) is 12.2 Å². The number of nitrogens with one attached hydrogen (secondary N) is 1. The Balaban J connectivity index is 2.32. The van der Waals surface area contributed by atoms with E-state index in [4.69, 9.17) is 0 Å². The number of carbonyl (C=O) groups excluding carboxylic acids is 1. The predicted molar refractivity (Wildman–Crippen MR) is 50.1 cm³/mol. The standard InChI is InChI=1S/C10H19NO/c1-9-7-10(4-6-12)3-2-5-11-8-9/h6,9-11H,2-5,7-8H2,1H3. The molecule has 1 N–H and O–H groups in total. The van der Waals surface area contributed by atoms with Crippen LogP contribution in [-0.4, -0.2) is 19.4 Å². The second kappa shape index (κ2) is 5.31. The summed E-state index contributed by atoms with van der Waals surface area (Å²) in [5.41, 5.74) is 0. The minimum absolute atomic E-state index is 0.652. The SMILES string of the molecule is CC1CNCCCC(CC=O)C1. The van der Waals surface area contributed by atoms with Crippen molar-refractivity contribution in [1.82, 2.24) is 5.32 Å². The molecule has 1 aliphatic rings. The Kier molecular flexibility index (Phi) is 4.30. The van der Waals surface area contributed by atoms with Gasteiger partial charge in [-0.25, -0.2) is 0 Å². The molecule has 1 fully saturated rings. The molecule has 2 atom stereocenters. The van der Waals surface area contributed by atoms with Crippen LogP contribution in [0.4, 0.5) is 0 Å². The van der Waals surface area contributed by atoms with E-state index in [9.17, 15) is 4.79 Å². The summed E-state index contributed by atoms with van der Waals surface area (Å²) in [4.78, 5) is 10.4. The van der Waals surface area contributed by atoms with E-state index in [-0.39, 0.29) is 0 Å². The second-order valence-corrected chi connectivity index (χ2v) is 3.96. The molecule has 1 rings (SSSR count). The van der Waals surface area contributed by atoms with Crippen LogP contribution in [0.25, 0.3) is 0 Å². The van der Waals surface area contributed by atoms with Crippen molar-refractivity contribution < 1.29 is 4.79 Å². The summed E-state index contributed by atoms with van der Waals surface area (Å²) in [7, 11) is 0. The monoisotopic (exact) mass is 169 g/mol. The zero-order valence-corrected chi connectivity index (χ0v) is 7.88. The minimum atomic E-state index is 0.652. The Labute approximate surface area is 74.7 Å². The van der Waals surface area contributed by atoms with Crippen molar-refractivity contribution in [2.75, 3.05) is 13.1 Å². The van der Waals surface area contributed by atoms with Crippen LogP contribution < -0.4 is 5.32 Å². The predicted octanol–water partition coefficient (Wildman–Crippen LogP) is 1.60. The first kappa shape index (κ1) is 9.72. The van der Waals surface area contributed by atoms with Crippen molar-refractivity contribution in [3.05, 3.63) is 0 Å².